The average molecular weight is 432 g/mol. The van der Waals surface area contributed by atoms with E-state index in [4.69, 9.17) is 4.74 Å². The lowest BCUT2D eigenvalue weighted by molar-refractivity contribution is 0.0598. The summed E-state index contributed by atoms with van der Waals surface area (Å²) in [4.78, 5) is 15.4. The van der Waals surface area contributed by atoms with Crippen molar-refractivity contribution in [2.24, 2.45) is 0 Å². The van der Waals surface area contributed by atoms with Crippen LogP contribution < -0.4 is 9.64 Å². The largest absolute Gasteiger partial charge is 0.462 e. The second kappa shape index (κ2) is 6.82. The second-order valence-corrected chi connectivity index (χ2v) is 9.45. The van der Waals surface area contributed by atoms with Crippen LogP contribution in [0.4, 0.5) is 5.69 Å². The molecule has 4 aromatic rings. The molecule has 0 aromatic heterocycles. The highest BCUT2D eigenvalue weighted by molar-refractivity contribution is 6.09. The zero-order valence-corrected chi connectivity index (χ0v) is 19.0. The van der Waals surface area contributed by atoms with Crippen LogP contribution in [0.25, 0.3) is 16.8 Å². The predicted molar refractivity (Wildman–Crippen MR) is 134 cm³/mol. The van der Waals surface area contributed by atoms with E-state index in [0.29, 0.717) is 11.1 Å². The summed E-state index contributed by atoms with van der Waals surface area (Å²) in [5.41, 5.74) is 3.59. The number of benzene rings is 4. The Kier molecular flexibility index (Phi) is 4.09. The van der Waals surface area contributed by atoms with Gasteiger partial charge in [-0.1, -0.05) is 66.7 Å². The molecule has 0 fully saturated rings. The lowest BCUT2D eigenvalue weighted by atomic mass is 9.75. The van der Waals surface area contributed by atoms with E-state index in [1.165, 1.54) is 0 Å². The summed E-state index contributed by atoms with van der Waals surface area (Å²) in [5, 5.41) is 2.27. The van der Waals surface area contributed by atoms with Crippen LogP contribution in [0.3, 0.4) is 0 Å². The Balaban J connectivity index is 1.47. The van der Waals surface area contributed by atoms with Crippen molar-refractivity contribution in [3.05, 3.63) is 113 Å². The van der Waals surface area contributed by atoms with E-state index in [1.807, 2.05) is 42.5 Å². The molecule has 0 aliphatic carbocycles. The van der Waals surface area contributed by atoms with Crippen molar-refractivity contribution >= 4 is 28.3 Å². The van der Waals surface area contributed by atoms with E-state index in [1.54, 1.807) is 0 Å². The van der Waals surface area contributed by atoms with Gasteiger partial charge in [-0.25, -0.2) is 0 Å². The Hall–Kier alpha value is -3.85. The van der Waals surface area contributed by atoms with Crippen molar-refractivity contribution in [1.29, 1.82) is 0 Å². The monoisotopic (exact) mass is 431 g/mol. The average Bonchev–Trinajstić information content (AvgIpc) is 3.01. The van der Waals surface area contributed by atoms with Crippen LogP contribution in [0, 0.1) is 0 Å². The van der Waals surface area contributed by atoms with Gasteiger partial charge in [-0.3, -0.25) is 4.79 Å². The fourth-order valence-corrected chi connectivity index (χ4v) is 5.43. The maximum atomic E-state index is 13.2. The number of ether oxygens (including phenoxy) is 1. The normalized spacial score (nSPS) is 19.9. The van der Waals surface area contributed by atoms with Crippen molar-refractivity contribution in [2.45, 2.75) is 25.0 Å². The fraction of sp³-hybridized carbons (Fsp3) is 0.167. The molecule has 1 spiro atoms. The summed E-state index contributed by atoms with van der Waals surface area (Å²) in [7, 11) is 2.08. The molecule has 2 aliphatic heterocycles. The van der Waals surface area contributed by atoms with Crippen LogP contribution in [0.1, 0.15) is 40.9 Å². The lowest BCUT2D eigenvalue weighted by Crippen LogP contribution is -2.58. The minimum Gasteiger partial charge on any atom is -0.462 e. The Bertz CT molecular complexity index is 1450. The summed E-state index contributed by atoms with van der Waals surface area (Å²) in [5.74, 6) is 0.943. The van der Waals surface area contributed by atoms with Crippen LogP contribution in [0.15, 0.2) is 91.0 Å². The van der Waals surface area contributed by atoms with Crippen LogP contribution in [-0.4, -0.2) is 18.6 Å². The number of nitrogens with zero attached hydrogens (tertiary/aromatic N) is 1. The van der Waals surface area contributed by atoms with Crippen molar-refractivity contribution < 1.29 is 9.53 Å². The number of likely N-dealkylation sites (N-methyl/N-ethyl adjacent to an activating group) is 1. The van der Waals surface area contributed by atoms with Gasteiger partial charge in [0.05, 0.1) is 5.41 Å². The molecule has 33 heavy (non-hydrogen) atoms. The van der Waals surface area contributed by atoms with Gasteiger partial charge >= 0.3 is 0 Å². The van der Waals surface area contributed by atoms with Gasteiger partial charge in [-0.15, -0.1) is 0 Å². The van der Waals surface area contributed by atoms with Gasteiger partial charge in [-0.05, 0) is 55.1 Å². The standard InChI is InChI=1S/C30H25NO2/c1-29(2)25-19-23(27(32)21-10-5-4-6-11-21)15-16-26(25)31(3)30(29)18-17-22-14-13-20-9-7-8-12-24(20)28(22)33-30/h4-19H,1-3H3. The summed E-state index contributed by atoms with van der Waals surface area (Å²) < 4.78 is 6.94. The highest BCUT2D eigenvalue weighted by Gasteiger charge is 2.57. The Morgan fingerprint density at radius 3 is 2.42 bits per heavy atom. The molecule has 0 amide bonds. The van der Waals surface area contributed by atoms with E-state index in [-0.39, 0.29) is 5.78 Å². The van der Waals surface area contributed by atoms with Crippen LogP contribution in [0.2, 0.25) is 0 Å². The number of carbonyl (C=O) groups excluding carboxylic acids is 1. The smallest absolute Gasteiger partial charge is 0.211 e. The highest BCUT2D eigenvalue weighted by atomic mass is 16.5. The van der Waals surface area contributed by atoms with Gasteiger partial charge in [-0.2, -0.15) is 0 Å². The number of anilines is 1. The molecule has 3 nitrogen and oxygen atoms in total. The van der Waals surface area contributed by atoms with E-state index in [9.17, 15) is 4.79 Å². The van der Waals surface area contributed by atoms with Crippen LogP contribution >= 0.6 is 0 Å². The van der Waals surface area contributed by atoms with Gasteiger partial charge in [0.2, 0.25) is 5.72 Å². The summed E-state index contributed by atoms with van der Waals surface area (Å²) in [6, 6.07) is 28.1. The summed E-state index contributed by atoms with van der Waals surface area (Å²) in [6.07, 6.45) is 4.34. The first-order valence-electron chi connectivity index (χ1n) is 11.3. The SMILES string of the molecule is CN1c2ccc(C(=O)c3ccccc3)cc2C(C)(C)C12C=Cc1ccc3ccccc3c1O2. The molecule has 0 saturated carbocycles. The number of rotatable bonds is 2. The molecule has 2 aliphatic rings. The molecule has 6 rings (SSSR count). The highest BCUT2D eigenvalue weighted by Crippen LogP contribution is 2.55. The fourth-order valence-electron chi connectivity index (χ4n) is 5.43. The number of carbonyl (C=O) groups is 1. The minimum absolute atomic E-state index is 0.0363. The first kappa shape index (κ1) is 19.8. The van der Waals surface area contributed by atoms with Gasteiger partial charge in [0.15, 0.2) is 5.78 Å². The van der Waals surface area contributed by atoms with Crippen molar-refractivity contribution in [3.63, 3.8) is 0 Å². The Morgan fingerprint density at radius 1 is 0.848 bits per heavy atom. The molecule has 0 saturated heterocycles. The molecular weight excluding hydrogens is 406 g/mol. The molecular formula is C30H25NO2. The third-order valence-corrected chi connectivity index (χ3v) is 7.38. The molecule has 4 aromatic carbocycles. The topological polar surface area (TPSA) is 29.5 Å². The van der Waals surface area contributed by atoms with Crippen LogP contribution in [0.5, 0.6) is 5.75 Å². The number of hydrogen-bond donors (Lipinski definition) is 0. The minimum atomic E-state index is -0.694. The van der Waals surface area contributed by atoms with Crippen molar-refractivity contribution in [1.82, 2.24) is 0 Å². The molecule has 162 valence electrons. The molecule has 0 N–H and O–H groups in total. The molecule has 1 unspecified atom stereocenters. The van der Waals surface area contributed by atoms with Crippen molar-refractivity contribution in [3.8, 4) is 5.75 Å². The first-order chi connectivity index (χ1) is 15.9. The van der Waals surface area contributed by atoms with E-state index >= 15 is 0 Å². The molecule has 2 heterocycles. The molecule has 0 bridgehead atoms. The third kappa shape index (κ3) is 2.65. The third-order valence-electron chi connectivity index (χ3n) is 7.38. The summed E-state index contributed by atoms with van der Waals surface area (Å²) in [6.45, 7) is 4.40. The van der Waals surface area contributed by atoms with Gasteiger partial charge in [0.1, 0.15) is 5.75 Å². The number of hydrogen-bond acceptors (Lipinski definition) is 3. The number of ketones is 1. The maximum absolute atomic E-state index is 13.2. The lowest BCUT2D eigenvalue weighted by Gasteiger charge is -2.46. The zero-order chi connectivity index (χ0) is 22.8. The van der Waals surface area contributed by atoms with Crippen LogP contribution in [-0.2, 0) is 5.41 Å². The van der Waals surface area contributed by atoms with E-state index in [2.05, 4.69) is 80.4 Å². The first-order valence-corrected chi connectivity index (χ1v) is 11.3. The van der Waals surface area contributed by atoms with Gasteiger partial charge in [0.25, 0.3) is 0 Å². The molecule has 3 heteroatoms. The quantitative estimate of drug-likeness (QED) is 0.335. The Labute approximate surface area is 193 Å². The van der Waals surface area contributed by atoms with Gasteiger partial charge in [0, 0.05) is 34.8 Å². The molecule has 0 radical (unpaired) electrons. The predicted octanol–water partition coefficient (Wildman–Crippen LogP) is 6.60. The zero-order valence-electron chi connectivity index (χ0n) is 19.0. The van der Waals surface area contributed by atoms with Gasteiger partial charge < -0.3 is 9.64 Å². The van der Waals surface area contributed by atoms with E-state index in [0.717, 1.165) is 33.3 Å². The number of fused-ring (bicyclic) bond motifs is 4. The maximum Gasteiger partial charge on any atom is 0.211 e. The summed E-state index contributed by atoms with van der Waals surface area (Å²) >= 11 is 0. The van der Waals surface area contributed by atoms with Crippen molar-refractivity contribution in [2.75, 3.05) is 11.9 Å². The second-order valence-electron chi connectivity index (χ2n) is 9.45. The van der Waals surface area contributed by atoms with E-state index < -0.39 is 11.1 Å². The Morgan fingerprint density at radius 2 is 1.61 bits per heavy atom. The molecule has 1 atom stereocenters.